The molecule has 0 atom stereocenters. The number of hydrogen-bond donors (Lipinski definition) is 3. The number of nitro groups is 1. The highest BCUT2D eigenvalue weighted by molar-refractivity contribution is 6.27. The van der Waals surface area contributed by atoms with Crippen LogP contribution in [0, 0.1) is 10.1 Å². The maximum absolute atomic E-state index is 10.8. The molecule has 1 aliphatic heterocycles. The molecule has 120 valence electrons. The molecule has 1 aromatic rings. The molecular weight excluding hydrogens is 294 g/mol. The van der Waals surface area contributed by atoms with Gasteiger partial charge in [-0.1, -0.05) is 18.2 Å². The number of piperazine rings is 1. The molecule has 1 aromatic carbocycles. The van der Waals surface area contributed by atoms with Gasteiger partial charge in [0.1, 0.15) is 0 Å². The van der Waals surface area contributed by atoms with Crippen molar-refractivity contribution in [3.8, 4) is 0 Å². The number of para-hydroxylation sites is 1. The van der Waals surface area contributed by atoms with Gasteiger partial charge in [0.2, 0.25) is 0 Å². The Morgan fingerprint density at radius 3 is 2.23 bits per heavy atom. The van der Waals surface area contributed by atoms with Crippen molar-refractivity contribution in [3.63, 3.8) is 0 Å². The van der Waals surface area contributed by atoms with E-state index < -0.39 is 11.9 Å². The second-order valence-corrected chi connectivity index (χ2v) is 4.52. The summed E-state index contributed by atoms with van der Waals surface area (Å²) in [5.74, 6) is -3.65. The summed E-state index contributed by atoms with van der Waals surface area (Å²) in [6, 6.07) is 6.96. The first-order valence-corrected chi connectivity index (χ1v) is 6.53. The number of aliphatic carboxylic acids is 2. The van der Waals surface area contributed by atoms with Gasteiger partial charge in [-0.3, -0.25) is 15.0 Å². The summed E-state index contributed by atoms with van der Waals surface area (Å²) in [6.45, 7) is 4.48. The Hall–Kier alpha value is -2.52. The predicted octanol–water partition coefficient (Wildman–Crippen LogP) is 0.156. The second-order valence-electron chi connectivity index (χ2n) is 4.52. The number of benzene rings is 1. The third-order valence-corrected chi connectivity index (χ3v) is 2.97. The number of rotatable bonds is 3. The molecular formula is C13H17N3O6. The standard InChI is InChI=1S/C11H15N3O2.C2H2O4/c15-14(16)11-4-2-1-3-10(11)9-13-7-5-12-6-8-13;3-1(4)2(5)6/h1-4,12H,5-9H2;(H,3,4)(H,5,6). The summed E-state index contributed by atoms with van der Waals surface area (Å²) in [4.78, 5) is 31.0. The normalized spacial score (nSPS) is 14.5. The topological polar surface area (TPSA) is 133 Å². The van der Waals surface area contributed by atoms with Crippen LogP contribution in [0.3, 0.4) is 0 Å². The lowest BCUT2D eigenvalue weighted by atomic mass is 10.1. The number of carbonyl (C=O) groups is 2. The number of carboxylic acid groups (broad SMARTS) is 2. The van der Waals surface area contributed by atoms with Gasteiger partial charge in [0.25, 0.3) is 5.69 Å². The van der Waals surface area contributed by atoms with E-state index in [-0.39, 0.29) is 10.6 Å². The zero-order valence-corrected chi connectivity index (χ0v) is 11.8. The van der Waals surface area contributed by atoms with E-state index in [4.69, 9.17) is 19.8 Å². The Morgan fingerprint density at radius 1 is 1.18 bits per heavy atom. The molecule has 0 aromatic heterocycles. The molecule has 0 aliphatic carbocycles. The van der Waals surface area contributed by atoms with Crippen LogP contribution < -0.4 is 5.32 Å². The average molecular weight is 311 g/mol. The summed E-state index contributed by atoms with van der Waals surface area (Å²) in [5.41, 5.74) is 1.02. The first kappa shape index (κ1) is 17.5. The second kappa shape index (κ2) is 8.70. The highest BCUT2D eigenvalue weighted by atomic mass is 16.6. The maximum atomic E-state index is 10.8. The Bertz CT molecular complexity index is 530. The molecule has 0 unspecified atom stereocenters. The van der Waals surface area contributed by atoms with E-state index >= 15 is 0 Å². The van der Waals surface area contributed by atoms with Crippen molar-refractivity contribution in [3.05, 3.63) is 39.9 Å². The van der Waals surface area contributed by atoms with Gasteiger partial charge < -0.3 is 15.5 Å². The molecule has 2 rings (SSSR count). The fourth-order valence-corrected chi connectivity index (χ4v) is 1.93. The minimum atomic E-state index is -1.82. The largest absolute Gasteiger partial charge is 0.473 e. The monoisotopic (exact) mass is 311 g/mol. The number of nitro benzene ring substituents is 1. The molecule has 3 N–H and O–H groups in total. The quantitative estimate of drug-likeness (QED) is 0.408. The van der Waals surface area contributed by atoms with Crippen molar-refractivity contribution in [1.29, 1.82) is 0 Å². The smallest absolute Gasteiger partial charge is 0.414 e. The van der Waals surface area contributed by atoms with Crippen molar-refractivity contribution in [2.45, 2.75) is 6.54 Å². The van der Waals surface area contributed by atoms with E-state index in [0.29, 0.717) is 6.54 Å². The lowest BCUT2D eigenvalue weighted by Gasteiger charge is -2.26. The molecule has 0 amide bonds. The zero-order chi connectivity index (χ0) is 16.5. The van der Waals surface area contributed by atoms with E-state index in [9.17, 15) is 10.1 Å². The van der Waals surface area contributed by atoms with Gasteiger partial charge in [-0.2, -0.15) is 0 Å². The van der Waals surface area contributed by atoms with E-state index in [2.05, 4.69) is 10.2 Å². The summed E-state index contributed by atoms with van der Waals surface area (Å²) in [7, 11) is 0. The van der Waals surface area contributed by atoms with Crippen LogP contribution in [0.5, 0.6) is 0 Å². The molecule has 1 saturated heterocycles. The third kappa shape index (κ3) is 5.85. The van der Waals surface area contributed by atoms with Gasteiger partial charge in [-0.25, -0.2) is 9.59 Å². The highest BCUT2D eigenvalue weighted by Crippen LogP contribution is 2.19. The van der Waals surface area contributed by atoms with Crippen LogP contribution in [0.2, 0.25) is 0 Å². The molecule has 0 spiro atoms. The molecule has 1 aliphatic rings. The summed E-state index contributed by atoms with van der Waals surface area (Å²) in [6.07, 6.45) is 0. The third-order valence-electron chi connectivity index (χ3n) is 2.97. The van der Waals surface area contributed by atoms with Crippen LogP contribution in [0.4, 0.5) is 5.69 Å². The Balaban J connectivity index is 0.000000346. The number of nitrogens with one attached hydrogen (secondary N) is 1. The molecule has 0 bridgehead atoms. The van der Waals surface area contributed by atoms with Crippen LogP contribution >= 0.6 is 0 Å². The number of hydrogen-bond acceptors (Lipinski definition) is 6. The Labute approximate surface area is 126 Å². The van der Waals surface area contributed by atoms with E-state index in [1.807, 2.05) is 12.1 Å². The summed E-state index contributed by atoms with van der Waals surface area (Å²) in [5, 5.41) is 28.9. The van der Waals surface area contributed by atoms with Gasteiger partial charge in [-0.05, 0) is 0 Å². The van der Waals surface area contributed by atoms with Gasteiger partial charge in [0.05, 0.1) is 4.92 Å². The molecule has 9 heteroatoms. The average Bonchev–Trinajstić information content (AvgIpc) is 2.49. The minimum absolute atomic E-state index is 0.223. The number of carboxylic acids is 2. The lowest BCUT2D eigenvalue weighted by molar-refractivity contribution is -0.385. The van der Waals surface area contributed by atoms with Gasteiger partial charge >= 0.3 is 11.9 Å². The van der Waals surface area contributed by atoms with Crippen LogP contribution in [0.15, 0.2) is 24.3 Å². The SMILES string of the molecule is O=C(O)C(=O)O.O=[N+]([O-])c1ccccc1CN1CCNCC1. The lowest BCUT2D eigenvalue weighted by Crippen LogP contribution is -2.42. The van der Waals surface area contributed by atoms with Crippen molar-refractivity contribution in [1.82, 2.24) is 10.2 Å². The Kier molecular flexibility index (Phi) is 6.93. The van der Waals surface area contributed by atoms with Crippen molar-refractivity contribution >= 4 is 17.6 Å². The van der Waals surface area contributed by atoms with Gasteiger partial charge in [0.15, 0.2) is 0 Å². The van der Waals surface area contributed by atoms with Crippen molar-refractivity contribution in [2.24, 2.45) is 0 Å². The number of nitrogens with zero attached hydrogens (tertiary/aromatic N) is 2. The molecule has 1 fully saturated rings. The van der Waals surface area contributed by atoms with Gasteiger partial charge in [-0.15, -0.1) is 0 Å². The van der Waals surface area contributed by atoms with Crippen molar-refractivity contribution < 1.29 is 24.7 Å². The zero-order valence-electron chi connectivity index (χ0n) is 11.8. The predicted molar refractivity (Wildman–Crippen MR) is 76.5 cm³/mol. The first-order valence-electron chi connectivity index (χ1n) is 6.53. The van der Waals surface area contributed by atoms with Gasteiger partial charge in [0, 0.05) is 44.4 Å². The van der Waals surface area contributed by atoms with E-state index in [1.165, 1.54) is 0 Å². The van der Waals surface area contributed by atoms with E-state index in [1.54, 1.807) is 12.1 Å². The van der Waals surface area contributed by atoms with Crippen LogP contribution in [-0.2, 0) is 16.1 Å². The van der Waals surface area contributed by atoms with E-state index in [0.717, 1.165) is 31.7 Å². The maximum Gasteiger partial charge on any atom is 0.414 e. The van der Waals surface area contributed by atoms with Crippen molar-refractivity contribution in [2.75, 3.05) is 26.2 Å². The molecule has 0 radical (unpaired) electrons. The summed E-state index contributed by atoms with van der Waals surface area (Å²) >= 11 is 0. The molecule has 1 heterocycles. The fourth-order valence-electron chi connectivity index (χ4n) is 1.93. The Morgan fingerprint density at radius 2 is 1.73 bits per heavy atom. The minimum Gasteiger partial charge on any atom is -0.473 e. The van der Waals surface area contributed by atoms with Crippen LogP contribution in [0.25, 0.3) is 0 Å². The molecule has 9 nitrogen and oxygen atoms in total. The first-order chi connectivity index (χ1) is 10.4. The van der Waals surface area contributed by atoms with Crippen LogP contribution in [-0.4, -0.2) is 58.2 Å². The summed E-state index contributed by atoms with van der Waals surface area (Å²) < 4.78 is 0. The molecule has 0 saturated carbocycles. The van der Waals surface area contributed by atoms with Crippen LogP contribution in [0.1, 0.15) is 5.56 Å². The fraction of sp³-hybridized carbons (Fsp3) is 0.385. The highest BCUT2D eigenvalue weighted by Gasteiger charge is 2.16. The molecule has 22 heavy (non-hydrogen) atoms.